The Morgan fingerprint density at radius 3 is 2.41 bits per heavy atom. The van der Waals surface area contributed by atoms with Crippen LogP contribution in [0, 0.1) is 13.8 Å². The van der Waals surface area contributed by atoms with Crippen molar-refractivity contribution in [2.24, 2.45) is 0 Å². The lowest BCUT2D eigenvalue weighted by Crippen LogP contribution is -2.18. The highest BCUT2D eigenvalue weighted by atomic mass is 16.5. The summed E-state index contributed by atoms with van der Waals surface area (Å²) in [6, 6.07) is 3.76. The Labute approximate surface area is 103 Å². The molecule has 0 bridgehead atoms. The van der Waals surface area contributed by atoms with Gasteiger partial charge in [0.05, 0.1) is 13.2 Å². The molecule has 2 N–H and O–H groups in total. The van der Waals surface area contributed by atoms with Crippen molar-refractivity contribution >= 4 is 0 Å². The molecule has 3 heteroatoms. The Balaban J connectivity index is 3.09. The molecular weight excluding hydrogens is 216 g/mol. The summed E-state index contributed by atoms with van der Waals surface area (Å²) in [5.74, 6) is 0.674. The molecule has 0 radical (unpaired) electrons. The zero-order valence-electron chi connectivity index (χ0n) is 11.0. The van der Waals surface area contributed by atoms with E-state index in [-0.39, 0.29) is 0 Å². The second-order valence-corrected chi connectivity index (χ2v) is 4.43. The standard InChI is InChI=1S/C14H22O3/c1-5-6-12(15)13(16)11-8-7-9(2)10(3)14(11)17-4/h7-8,12-13,15-16H,5-6H2,1-4H3. The minimum atomic E-state index is -0.885. The van der Waals surface area contributed by atoms with Crippen LogP contribution in [-0.2, 0) is 0 Å². The zero-order chi connectivity index (χ0) is 13.0. The number of aliphatic hydroxyl groups excluding tert-OH is 2. The number of aryl methyl sites for hydroxylation is 1. The average molecular weight is 238 g/mol. The van der Waals surface area contributed by atoms with Gasteiger partial charge in [-0.2, -0.15) is 0 Å². The number of hydrogen-bond acceptors (Lipinski definition) is 3. The molecule has 0 saturated heterocycles. The third-order valence-corrected chi connectivity index (χ3v) is 3.18. The van der Waals surface area contributed by atoms with E-state index < -0.39 is 12.2 Å². The average Bonchev–Trinajstić information content (AvgIpc) is 2.31. The molecule has 3 nitrogen and oxygen atoms in total. The first-order valence-electron chi connectivity index (χ1n) is 6.03. The fourth-order valence-corrected chi connectivity index (χ4v) is 1.98. The van der Waals surface area contributed by atoms with Crippen LogP contribution < -0.4 is 4.74 Å². The second kappa shape index (κ2) is 6.03. The Morgan fingerprint density at radius 1 is 1.24 bits per heavy atom. The van der Waals surface area contributed by atoms with E-state index in [0.717, 1.165) is 17.5 Å². The van der Waals surface area contributed by atoms with Crippen LogP contribution in [-0.4, -0.2) is 23.4 Å². The quantitative estimate of drug-likeness (QED) is 0.828. The lowest BCUT2D eigenvalue weighted by molar-refractivity contribution is 0.0117. The van der Waals surface area contributed by atoms with Crippen LogP contribution in [0.2, 0.25) is 0 Å². The first-order valence-corrected chi connectivity index (χ1v) is 6.03. The number of rotatable bonds is 5. The van der Waals surface area contributed by atoms with E-state index in [2.05, 4.69) is 0 Å². The second-order valence-electron chi connectivity index (χ2n) is 4.43. The van der Waals surface area contributed by atoms with Gasteiger partial charge in [-0.1, -0.05) is 25.5 Å². The largest absolute Gasteiger partial charge is 0.496 e. The number of aliphatic hydroxyl groups is 2. The molecule has 0 spiro atoms. The van der Waals surface area contributed by atoms with Gasteiger partial charge in [-0.15, -0.1) is 0 Å². The van der Waals surface area contributed by atoms with Crippen LogP contribution in [0.5, 0.6) is 5.75 Å². The van der Waals surface area contributed by atoms with Gasteiger partial charge in [0.1, 0.15) is 11.9 Å². The minimum absolute atomic E-state index is 0.581. The fraction of sp³-hybridized carbons (Fsp3) is 0.571. The molecule has 2 atom stereocenters. The van der Waals surface area contributed by atoms with Gasteiger partial charge in [-0.05, 0) is 31.4 Å². The maximum atomic E-state index is 10.1. The maximum absolute atomic E-state index is 10.1. The predicted molar refractivity (Wildman–Crippen MR) is 68.3 cm³/mol. The Hall–Kier alpha value is -1.06. The number of ether oxygens (including phenoxy) is 1. The molecule has 0 aliphatic carbocycles. The Bertz CT molecular complexity index is 374. The molecule has 0 amide bonds. The van der Waals surface area contributed by atoms with E-state index in [0.29, 0.717) is 17.7 Å². The van der Waals surface area contributed by atoms with Crippen molar-refractivity contribution in [1.29, 1.82) is 0 Å². The lowest BCUT2D eigenvalue weighted by atomic mass is 9.96. The van der Waals surface area contributed by atoms with E-state index in [1.165, 1.54) is 0 Å². The molecule has 1 rings (SSSR count). The van der Waals surface area contributed by atoms with Crippen molar-refractivity contribution in [2.75, 3.05) is 7.11 Å². The van der Waals surface area contributed by atoms with Crippen LogP contribution in [0.15, 0.2) is 12.1 Å². The summed E-state index contributed by atoms with van der Waals surface area (Å²) in [7, 11) is 1.59. The van der Waals surface area contributed by atoms with Crippen molar-refractivity contribution in [2.45, 2.75) is 45.8 Å². The topological polar surface area (TPSA) is 49.7 Å². The minimum Gasteiger partial charge on any atom is -0.496 e. The number of benzene rings is 1. The molecular formula is C14H22O3. The molecule has 96 valence electrons. The van der Waals surface area contributed by atoms with Crippen LogP contribution in [0.25, 0.3) is 0 Å². The third kappa shape index (κ3) is 2.99. The summed E-state index contributed by atoms with van der Waals surface area (Å²) in [5, 5.41) is 20.0. The molecule has 0 aliphatic heterocycles. The summed E-state index contributed by atoms with van der Waals surface area (Å²) >= 11 is 0. The van der Waals surface area contributed by atoms with Gasteiger partial charge in [0, 0.05) is 5.56 Å². The van der Waals surface area contributed by atoms with Crippen molar-refractivity contribution in [1.82, 2.24) is 0 Å². The monoisotopic (exact) mass is 238 g/mol. The number of methoxy groups -OCH3 is 1. The van der Waals surface area contributed by atoms with Gasteiger partial charge < -0.3 is 14.9 Å². The summed E-state index contributed by atoms with van der Waals surface area (Å²) in [4.78, 5) is 0. The molecule has 0 heterocycles. The highest BCUT2D eigenvalue weighted by molar-refractivity contribution is 5.46. The molecule has 0 fully saturated rings. The smallest absolute Gasteiger partial charge is 0.127 e. The molecule has 1 aromatic carbocycles. The van der Waals surface area contributed by atoms with Crippen LogP contribution >= 0.6 is 0 Å². The zero-order valence-corrected chi connectivity index (χ0v) is 11.0. The summed E-state index contributed by atoms with van der Waals surface area (Å²) < 4.78 is 5.34. The van der Waals surface area contributed by atoms with Crippen molar-refractivity contribution in [3.05, 3.63) is 28.8 Å². The van der Waals surface area contributed by atoms with Crippen LogP contribution in [0.3, 0.4) is 0 Å². The molecule has 1 aromatic rings. The van der Waals surface area contributed by atoms with Crippen LogP contribution in [0.1, 0.15) is 42.6 Å². The SMILES string of the molecule is CCCC(O)C(O)c1ccc(C)c(C)c1OC. The molecule has 2 unspecified atom stereocenters. The fourth-order valence-electron chi connectivity index (χ4n) is 1.98. The van der Waals surface area contributed by atoms with Gasteiger partial charge >= 0.3 is 0 Å². The summed E-state index contributed by atoms with van der Waals surface area (Å²) in [6.07, 6.45) is -0.206. The normalized spacial score (nSPS) is 14.5. The summed E-state index contributed by atoms with van der Waals surface area (Å²) in [6.45, 7) is 5.93. The van der Waals surface area contributed by atoms with E-state index in [4.69, 9.17) is 4.74 Å². The molecule has 17 heavy (non-hydrogen) atoms. The van der Waals surface area contributed by atoms with E-state index in [9.17, 15) is 10.2 Å². The highest BCUT2D eigenvalue weighted by Crippen LogP contribution is 2.33. The van der Waals surface area contributed by atoms with Crippen LogP contribution in [0.4, 0.5) is 0 Å². The molecule has 0 aromatic heterocycles. The molecule has 0 saturated carbocycles. The van der Waals surface area contributed by atoms with Crippen molar-refractivity contribution in [3.8, 4) is 5.75 Å². The lowest BCUT2D eigenvalue weighted by Gasteiger charge is -2.21. The Morgan fingerprint density at radius 2 is 1.88 bits per heavy atom. The van der Waals surface area contributed by atoms with E-state index >= 15 is 0 Å². The van der Waals surface area contributed by atoms with Gasteiger partial charge in [-0.25, -0.2) is 0 Å². The summed E-state index contributed by atoms with van der Waals surface area (Å²) in [5.41, 5.74) is 2.78. The maximum Gasteiger partial charge on any atom is 0.127 e. The van der Waals surface area contributed by atoms with E-state index in [1.807, 2.05) is 32.9 Å². The van der Waals surface area contributed by atoms with E-state index in [1.54, 1.807) is 7.11 Å². The highest BCUT2D eigenvalue weighted by Gasteiger charge is 2.22. The first kappa shape index (κ1) is 14.0. The third-order valence-electron chi connectivity index (χ3n) is 3.18. The van der Waals surface area contributed by atoms with Crippen molar-refractivity contribution in [3.63, 3.8) is 0 Å². The van der Waals surface area contributed by atoms with Gasteiger partial charge in [-0.3, -0.25) is 0 Å². The van der Waals surface area contributed by atoms with Gasteiger partial charge in [0.15, 0.2) is 0 Å². The van der Waals surface area contributed by atoms with Gasteiger partial charge in [0.25, 0.3) is 0 Å². The Kier molecular flexibility index (Phi) is 4.97. The first-order chi connectivity index (χ1) is 8.02. The molecule has 0 aliphatic rings. The predicted octanol–water partition coefficient (Wildman–Crippen LogP) is 2.51. The van der Waals surface area contributed by atoms with Gasteiger partial charge in [0.2, 0.25) is 0 Å². The number of hydrogen-bond donors (Lipinski definition) is 2. The van der Waals surface area contributed by atoms with Crippen molar-refractivity contribution < 1.29 is 14.9 Å².